The molecule has 2 aliphatic heterocycles. The molecule has 0 aliphatic carbocycles. The van der Waals surface area contributed by atoms with Gasteiger partial charge in [-0.15, -0.1) is 0 Å². The summed E-state index contributed by atoms with van der Waals surface area (Å²) in [5.41, 5.74) is 0.368. The van der Waals surface area contributed by atoms with Gasteiger partial charge in [0.15, 0.2) is 9.84 Å². The monoisotopic (exact) mass is 386 g/mol. The zero-order valence-electron chi connectivity index (χ0n) is 14.1. The molecule has 0 N–H and O–H groups in total. The van der Waals surface area contributed by atoms with Gasteiger partial charge in [0.05, 0.1) is 10.1 Å². The van der Waals surface area contributed by atoms with Crippen molar-refractivity contribution in [3.63, 3.8) is 0 Å². The van der Waals surface area contributed by atoms with Crippen molar-refractivity contribution in [2.75, 3.05) is 31.9 Å². The van der Waals surface area contributed by atoms with E-state index in [4.69, 9.17) is 0 Å². The average Bonchev–Trinajstić information content (AvgIpc) is 3.08. The van der Waals surface area contributed by atoms with E-state index in [2.05, 4.69) is 0 Å². The summed E-state index contributed by atoms with van der Waals surface area (Å²) >= 11 is 0. The van der Waals surface area contributed by atoms with Crippen molar-refractivity contribution in [2.45, 2.75) is 29.9 Å². The van der Waals surface area contributed by atoms with Gasteiger partial charge in [0, 0.05) is 37.5 Å². The summed E-state index contributed by atoms with van der Waals surface area (Å²) in [7, 11) is -6.62. The molecule has 2 aliphatic rings. The molecular weight excluding hydrogens is 364 g/mol. The van der Waals surface area contributed by atoms with Crippen molar-refractivity contribution in [3.8, 4) is 0 Å². The van der Waals surface area contributed by atoms with Gasteiger partial charge in [-0.25, -0.2) is 16.8 Å². The highest BCUT2D eigenvalue weighted by atomic mass is 32.2. The quantitative estimate of drug-likeness (QED) is 0.744. The van der Waals surface area contributed by atoms with Gasteiger partial charge >= 0.3 is 0 Å². The Bertz CT molecular complexity index is 850. The Morgan fingerprint density at radius 1 is 1.04 bits per heavy atom. The van der Waals surface area contributed by atoms with Crippen LogP contribution in [0.15, 0.2) is 29.2 Å². The van der Waals surface area contributed by atoms with Gasteiger partial charge < -0.3 is 4.90 Å². The lowest BCUT2D eigenvalue weighted by molar-refractivity contribution is 0.0659. The molecule has 9 heteroatoms. The first-order chi connectivity index (χ1) is 11.8. The molecule has 138 valence electrons. The molecule has 0 bridgehead atoms. The minimum Gasteiger partial charge on any atom is -0.336 e. The number of hydrogen-bond donors (Lipinski definition) is 0. The fraction of sp³-hybridized carbons (Fsp3) is 0.562. The largest absolute Gasteiger partial charge is 0.336 e. The second kappa shape index (κ2) is 6.69. The van der Waals surface area contributed by atoms with Crippen molar-refractivity contribution in [1.29, 1.82) is 0 Å². The van der Waals surface area contributed by atoms with Crippen LogP contribution in [0.2, 0.25) is 0 Å². The summed E-state index contributed by atoms with van der Waals surface area (Å²) < 4.78 is 49.9. The van der Waals surface area contributed by atoms with Crippen LogP contribution in [0.5, 0.6) is 0 Å². The molecule has 1 aromatic carbocycles. The molecular formula is C16H22N2O5S2. The molecule has 3 rings (SSSR count). The van der Waals surface area contributed by atoms with E-state index in [1.54, 1.807) is 6.92 Å². The third kappa shape index (κ3) is 3.45. The molecule has 0 unspecified atom stereocenters. The summed E-state index contributed by atoms with van der Waals surface area (Å²) in [4.78, 5) is 14.0. The molecule has 2 heterocycles. The smallest absolute Gasteiger partial charge is 0.253 e. The molecule has 2 fully saturated rings. The number of benzene rings is 1. The van der Waals surface area contributed by atoms with E-state index in [1.807, 2.05) is 0 Å². The van der Waals surface area contributed by atoms with E-state index >= 15 is 0 Å². The van der Waals surface area contributed by atoms with Gasteiger partial charge in [-0.3, -0.25) is 4.79 Å². The minimum atomic E-state index is -3.50. The predicted octanol–water partition coefficient (Wildman–Crippen LogP) is 0.730. The minimum absolute atomic E-state index is 0.0722. The zero-order chi connectivity index (χ0) is 18.2. The summed E-state index contributed by atoms with van der Waals surface area (Å²) in [6.07, 6.45) is 1.74. The first kappa shape index (κ1) is 18.3. The third-order valence-corrected chi connectivity index (χ3v) is 8.88. The lowest BCUT2D eigenvalue weighted by Gasteiger charge is -2.38. The second-order valence-electron chi connectivity index (χ2n) is 6.42. The number of amides is 1. The van der Waals surface area contributed by atoms with Crippen LogP contribution in [0.25, 0.3) is 0 Å². The summed E-state index contributed by atoms with van der Waals surface area (Å²) in [5.74, 6) is -0.198. The van der Waals surface area contributed by atoms with Gasteiger partial charge in [0.1, 0.15) is 0 Å². The summed E-state index contributed by atoms with van der Waals surface area (Å²) in [6.45, 7) is 3.05. The van der Waals surface area contributed by atoms with Crippen LogP contribution >= 0.6 is 0 Å². The van der Waals surface area contributed by atoms with Crippen molar-refractivity contribution in [1.82, 2.24) is 9.21 Å². The topological polar surface area (TPSA) is 91.8 Å². The normalized spacial score (nSPS) is 19.8. The third-order valence-electron chi connectivity index (χ3n) is 4.85. The Kier molecular flexibility index (Phi) is 4.91. The van der Waals surface area contributed by atoms with Gasteiger partial charge in [0.25, 0.3) is 5.91 Å². The van der Waals surface area contributed by atoms with Crippen molar-refractivity contribution >= 4 is 25.8 Å². The second-order valence-corrected chi connectivity index (χ2v) is 10.9. The van der Waals surface area contributed by atoms with E-state index in [1.165, 1.54) is 33.5 Å². The van der Waals surface area contributed by atoms with Crippen LogP contribution in [0.4, 0.5) is 0 Å². The van der Waals surface area contributed by atoms with Crippen molar-refractivity contribution in [2.24, 2.45) is 0 Å². The van der Waals surface area contributed by atoms with Gasteiger partial charge in [-0.05, 0) is 37.1 Å². The predicted molar refractivity (Wildman–Crippen MR) is 93.6 cm³/mol. The highest BCUT2D eigenvalue weighted by molar-refractivity contribution is 7.92. The number of sulfonamides is 1. The maximum Gasteiger partial charge on any atom is 0.253 e. The first-order valence-corrected chi connectivity index (χ1v) is 11.5. The summed E-state index contributed by atoms with van der Waals surface area (Å²) in [6, 6.07) is 5.88. The van der Waals surface area contributed by atoms with Crippen LogP contribution in [0, 0.1) is 0 Å². The molecule has 0 aromatic heterocycles. The Hall–Kier alpha value is -1.45. The number of carbonyl (C=O) groups excluding carboxylic acids is 1. The fourth-order valence-corrected chi connectivity index (χ4v) is 5.90. The molecule has 0 atom stereocenters. The molecule has 7 nitrogen and oxygen atoms in total. The van der Waals surface area contributed by atoms with Crippen LogP contribution in [-0.4, -0.2) is 69.1 Å². The van der Waals surface area contributed by atoms with Crippen LogP contribution in [0.3, 0.4) is 0 Å². The SMILES string of the molecule is CCS(=O)(=O)C1CN(C(=O)c2ccc(S(=O)(=O)N3CCCC3)cc2)C1. The zero-order valence-corrected chi connectivity index (χ0v) is 15.7. The number of carbonyl (C=O) groups is 1. The Labute approximate surface area is 148 Å². The highest BCUT2D eigenvalue weighted by Gasteiger charge is 2.39. The van der Waals surface area contributed by atoms with Crippen LogP contribution in [-0.2, 0) is 19.9 Å². The van der Waals surface area contributed by atoms with E-state index in [9.17, 15) is 21.6 Å². The molecule has 25 heavy (non-hydrogen) atoms. The fourth-order valence-electron chi connectivity index (χ4n) is 3.10. The Morgan fingerprint density at radius 2 is 1.60 bits per heavy atom. The number of hydrogen-bond acceptors (Lipinski definition) is 5. The maximum atomic E-state index is 12.5. The van der Waals surface area contributed by atoms with Gasteiger partial charge in [-0.2, -0.15) is 4.31 Å². The maximum absolute atomic E-state index is 12.5. The standard InChI is InChI=1S/C16H22N2O5S2/c1-2-24(20,21)15-11-17(12-15)16(19)13-5-7-14(8-6-13)25(22,23)18-9-3-4-10-18/h5-8,15H,2-4,9-12H2,1H3. The van der Waals surface area contributed by atoms with Gasteiger partial charge in [-0.1, -0.05) is 6.92 Å². The van der Waals surface area contributed by atoms with E-state index < -0.39 is 25.1 Å². The van der Waals surface area contributed by atoms with E-state index in [-0.39, 0.29) is 29.6 Å². The molecule has 1 amide bonds. The Morgan fingerprint density at radius 3 is 2.12 bits per heavy atom. The number of rotatable bonds is 5. The Balaban J connectivity index is 1.68. The lowest BCUT2D eigenvalue weighted by atomic mass is 10.1. The molecule has 0 radical (unpaired) electrons. The number of likely N-dealkylation sites (tertiary alicyclic amines) is 1. The first-order valence-electron chi connectivity index (χ1n) is 8.37. The summed E-state index contributed by atoms with van der Waals surface area (Å²) in [5, 5.41) is -0.490. The molecule has 2 saturated heterocycles. The van der Waals surface area contributed by atoms with Crippen LogP contribution in [0.1, 0.15) is 30.1 Å². The van der Waals surface area contributed by atoms with Gasteiger partial charge in [0.2, 0.25) is 10.0 Å². The van der Waals surface area contributed by atoms with Crippen LogP contribution < -0.4 is 0 Å². The number of sulfone groups is 1. The molecule has 0 spiro atoms. The lowest BCUT2D eigenvalue weighted by Crippen LogP contribution is -2.57. The van der Waals surface area contributed by atoms with Crippen molar-refractivity contribution < 1.29 is 21.6 Å². The van der Waals surface area contributed by atoms with E-state index in [0.29, 0.717) is 18.7 Å². The van der Waals surface area contributed by atoms with Crippen molar-refractivity contribution in [3.05, 3.63) is 29.8 Å². The number of nitrogens with zero attached hydrogens (tertiary/aromatic N) is 2. The highest BCUT2D eigenvalue weighted by Crippen LogP contribution is 2.23. The van der Waals surface area contributed by atoms with E-state index in [0.717, 1.165) is 12.8 Å². The average molecular weight is 386 g/mol. The molecule has 0 saturated carbocycles. The molecule has 1 aromatic rings.